The second-order valence-corrected chi connectivity index (χ2v) is 5.23. The fourth-order valence-corrected chi connectivity index (χ4v) is 3.05. The lowest BCUT2D eigenvalue weighted by atomic mass is 10.1. The normalized spacial score (nSPS) is 17.2. The average molecular weight is 251 g/mol. The van der Waals surface area contributed by atoms with Crippen LogP contribution in [-0.2, 0) is 19.4 Å². The van der Waals surface area contributed by atoms with E-state index in [1.807, 2.05) is 0 Å². The number of hydrogen-bond donors (Lipinski definition) is 1. The molecule has 2 aliphatic heterocycles. The maximum Gasteiger partial charge on any atom is 0.133 e. The molecule has 3 nitrogen and oxygen atoms in total. The summed E-state index contributed by atoms with van der Waals surface area (Å²) in [5.41, 5.74) is 5.37. The molecule has 0 atom stereocenters. The summed E-state index contributed by atoms with van der Waals surface area (Å²) in [7, 11) is 0. The van der Waals surface area contributed by atoms with Gasteiger partial charge in [-0.2, -0.15) is 0 Å². The van der Waals surface area contributed by atoms with Crippen LogP contribution in [0.4, 0.5) is 11.5 Å². The van der Waals surface area contributed by atoms with Crippen LogP contribution in [0.1, 0.15) is 16.8 Å². The maximum absolute atomic E-state index is 4.88. The molecule has 0 bridgehead atoms. The van der Waals surface area contributed by atoms with E-state index >= 15 is 0 Å². The molecule has 3 heterocycles. The maximum atomic E-state index is 4.88. The smallest absolute Gasteiger partial charge is 0.133 e. The monoisotopic (exact) mass is 251 g/mol. The van der Waals surface area contributed by atoms with Gasteiger partial charge >= 0.3 is 0 Å². The highest BCUT2D eigenvalue weighted by Gasteiger charge is 2.21. The molecule has 0 amide bonds. The Bertz CT molecular complexity index is 621. The van der Waals surface area contributed by atoms with Crippen molar-refractivity contribution in [2.24, 2.45) is 0 Å². The molecule has 4 rings (SSSR count). The number of benzene rings is 1. The Labute approximate surface area is 113 Å². The summed E-state index contributed by atoms with van der Waals surface area (Å²) in [4.78, 5) is 7.22. The Hall–Kier alpha value is -1.87. The molecule has 3 heteroatoms. The number of pyridine rings is 1. The second-order valence-electron chi connectivity index (χ2n) is 5.23. The summed E-state index contributed by atoms with van der Waals surface area (Å²) in [6.45, 7) is 3.04. The molecule has 1 aromatic heterocycles. The van der Waals surface area contributed by atoms with Gasteiger partial charge in [0.05, 0.1) is 0 Å². The van der Waals surface area contributed by atoms with Crippen LogP contribution in [0.5, 0.6) is 0 Å². The van der Waals surface area contributed by atoms with E-state index in [0.29, 0.717) is 0 Å². The van der Waals surface area contributed by atoms with E-state index in [1.54, 1.807) is 0 Å². The second kappa shape index (κ2) is 4.35. The van der Waals surface area contributed by atoms with Gasteiger partial charge in [0, 0.05) is 37.4 Å². The molecule has 0 saturated heterocycles. The van der Waals surface area contributed by atoms with Gasteiger partial charge in [-0.25, -0.2) is 4.98 Å². The van der Waals surface area contributed by atoms with Crippen molar-refractivity contribution in [3.8, 4) is 0 Å². The summed E-state index contributed by atoms with van der Waals surface area (Å²) in [6, 6.07) is 13.0. The van der Waals surface area contributed by atoms with Gasteiger partial charge in [0.2, 0.25) is 0 Å². The first-order valence-electron chi connectivity index (χ1n) is 6.97. The Balaban J connectivity index is 1.74. The zero-order valence-corrected chi connectivity index (χ0v) is 10.9. The van der Waals surface area contributed by atoms with Crippen molar-refractivity contribution >= 4 is 11.5 Å². The third-order valence-electron chi connectivity index (χ3n) is 4.07. The highest BCUT2D eigenvalue weighted by molar-refractivity contribution is 5.67. The Morgan fingerprint density at radius 2 is 1.95 bits per heavy atom. The zero-order chi connectivity index (χ0) is 12.7. The van der Waals surface area contributed by atoms with Crippen LogP contribution in [0.3, 0.4) is 0 Å². The van der Waals surface area contributed by atoms with E-state index in [-0.39, 0.29) is 0 Å². The highest BCUT2D eigenvalue weighted by Crippen LogP contribution is 2.33. The number of anilines is 2. The molecule has 0 saturated carbocycles. The minimum absolute atomic E-state index is 0.958. The van der Waals surface area contributed by atoms with Gasteiger partial charge in [0.25, 0.3) is 0 Å². The van der Waals surface area contributed by atoms with E-state index in [4.69, 9.17) is 4.98 Å². The Morgan fingerprint density at radius 3 is 2.95 bits per heavy atom. The summed E-state index contributed by atoms with van der Waals surface area (Å²) in [5, 5.41) is 3.39. The lowest BCUT2D eigenvalue weighted by Gasteiger charge is -2.22. The van der Waals surface area contributed by atoms with Crippen molar-refractivity contribution in [3.05, 3.63) is 53.2 Å². The molecule has 0 spiro atoms. The predicted octanol–water partition coefficient (Wildman–Crippen LogP) is 2.42. The Morgan fingerprint density at radius 1 is 1.00 bits per heavy atom. The number of nitrogens with zero attached hydrogens (tertiary/aromatic N) is 2. The van der Waals surface area contributed by atoms with Gasteiger partial charge in [0.1, 0.15) is 5.82 Å². The number of hydrogen-bond acceptors (Lipinski definition) is 3. The largest absolute Gasteiger partial charge is 0.326 e. The molecule has 0 radical (unpaired) electrons. The van der Waals surface area contributed by atoms with E-state index in [2.05, 4.69) is 46.6 Å². The predicted molar refractivity (Wildman–Crippen MR) is 76.8 cm³/mol. The van der Waals surface area contributed by atoms with Crippen molar-refractivity contribution in [2.75, 3.05) is 18.0 Å². The number of aromatic nitrogens is 1. The Kier molecular flexibility index (Phi) is 2.52. The van der Waals surface area contributed by atoms with Crippen LogP contribution in [0.25, 0.3) is 0 Å². The number of para-hydroxylation sites is 1. The minimum Gasteiger partial charge on any atom is -0.326 e. The molecule has 0 fully saturated rings. The number of rotatable bonds is 1. The zero-order valence-electron chi connectivity index (χ0n) is 10.9. The molecule has 2 aliphatic rings. The first kappa shape index (κ1) is 11.0. The molecule has 2 aromatic rings. The molecule has 1 N–H and O–H groups in total. The summed E-state index contributed by atoms with van der Waals surface area (Å²) in [5.74, 6) is 1.10. The van der Waals surface area contributed by atoms with Crippen LogP contribution in [0.15, 0.2) is 36.4 Å². The lowest BCUT2D eigenvalue weighted by molar-refractivity contribution is 0.630. The fourth-order valence-electron chi connectivity index (χ4n) is 3.05. The van der Waals surface area contributed by atoms with Gasteiger partial charge < -0.3 is 10.2 Å². The summed E-state index contributed by atoms with van der Waals surface area (Å²) >= 11 is 0. The van der Waals surface area contributed by atoms with Gasteiger partial charge in [-0.1, -0.05) is 24.3 Å². The third-order valence-corrected chi connectivity index (χ3v) is 4.07. The summed E-state index contributed by atoms with van der Waals surface area (Å²) in [6.07, 6.45) is 2.16. The SMILES string of the molecule is c1ccc2c(c1)CCN2c1ccc2c(n1)CCNC2. The molecule has 19 heavy (non-hydrogen) atoms. The lowest BCUT2D eigenvalue weighted by Crippen LogP contribution is -2.25. The molecule has 1 aromatic carbocycles. The fraction of sp³-hybridized carbons (Fsp3) is 0.312. The molecular formula is C16H17N3. The average Bonchev–Trinajstić information content (AvgIpc) is 2.91. The van der Waals surface area contributed by atoms with Crippen molar-refractivity contribution < 1.29 is 0 Å². The van der Waals surface area contributed by atoms with Crippen molar-refractivity contribution in [2.45, 2.75) is 19.4 Å². The minimum atomic E-state index is 0.958. The van der Waals surface area contributed by atoms with Gasteiger partial charge in [-0.15, -0.1) is 0 Å². The third kappa shape index (κ3) is 1.81. The van der Waals surface area contributed by atoms with Crippen molar-refractivity contribution in [1.82, 2.24) is 10.3 Å². The number of fused-ring (bicyclic) bond motifs is 2. The van der Waals surface area contributed by atoms with Gasteiger partial charge in [-0.05, 0) is 29.7 Å². The molecule has 0 unspecified atom stereocenters. The summed E-state index contributed by atoms with van der Waals surface area (Å²) < 4.78 is 0. The van der Waals surface area contributed by atoms with E-state index in [0.717, 1.165) is 38.3 Å². The number of nitrogens with one attached hydrogen (secondary N) is 1. The van der Waals surface area contributed by atoms with E-state index in [9.17, 15) is 0 Å². The van der Waals surface area contributed by atoms with Crippen LogP contribution in [0.2, 0.25) is 0 Å². The standard InChI is InChI=1S/C16H17N3/c1-2-4-15-12(3-1)8-10-19(15)16-6-5-13-11-17-9-7-14(13)18-16/h1-6,17H,7-11H2. The van der Waals surface area contributed by atoms with Gasteiger partial charge in [-0.3, -0.25) is 0 Å². The first-order valence-corrected chi connectivity index (χ1v) is 6.97. The molecular weight excluding hydrogens is 234 g/mol. The van der Waals surface area contributed by atoms with Crippen LogP contribution >= 0.6 is 0 Å². The molecule has 0 aliphatic carbocycles. The van der Waals surface area contributed by atoms with E-state index in [1.165, 1.54) is 22.5 Å². The van der Waals surface area contributed by atoms with E-state index < -0.39 is 0 Å². The van der Waals surface area contributed by atoms with Crippen LogP contribution in [0, 0.1) is 0 Å². The highest BCUT2D eigenvalue weighted by atomic mass is 15.2. The van der Waals surface area contributed by atoms with Crippen molar-refractivity contribution in [3.63, 3.8) is 0 Å². The topological polar surface area (TPSA) is 28.2 Å². The molecule has 96 valence electrons. The van der Waals surface area contributed by atoms with Crippen LogP contribution < -0.4 is 10.2 Å². The quantitative estimate of drug-likeness (QED) is 0.843. The van der Waals surface area contributed by atoms with Gasteiger partial charge in [0.15, 0.2) is 0 Å². The first-order chi connectivity index (χ1) is 9.42. The van der Waals surface area contributed by atoms with Crippen LogP contribution in [-0.4, -0.2) is 18.1 Å². The van der Waals surface area contributed by atoms with Crippen molar-refractivity contribution in [1.29, 1.82) is 0 Å².